The van der Waals surface area contributed by atoms with Gasteiger partial charge >= 0.3 is 0 Å². The summed E-state index contributed by atoms with van der Waals surface area (Å²) in [5.41, 5.74) is 1.17. The monoisotopic (exact) mass is 167 g/mol. The molecule has 1 aliphatic rings. The summed E-state index contributed by atoms with van der Waals surface area (Å²) < 4.78 is 0. The van der Waals surface area contributed by atoms with E-state index in [1.54, 1.807) is 0 Å². The fourth-order valence-corrected chi connectivity index (χ4v) is 1.34. The van der Waals surface area contributed by atoms with Gasteiger partial charge in [-0.1, -0.05) is 13.8 Å². The quantitative estimate of drug-likeness (QED) is 0.613. The molecule has 0 fully saturated rings. The van der Waals surface area contributed by atoms with Crippen LogP contribution in [-0.4, -0.2) is 36.5 Å². The van der Waals surface area contributed by atoms with E-state index in [-0.39, 0.29) is 0 Å². The van der Waals surface area contributed by atoms with Crippen LogP contribution in [0.4, 0.5) is 0 Å². The molecule has 0 saturated heterocycles. The molecular formula is C9H17N3. The Balaban J connectivity index is 2.64. The van der Waals surface area contributed by atoms with Gasteiger partial charge in [0.05, 0.1) is 5.71 Å². The van der Waals surface area contributed by atoms with Gasteiger partial charge in [0.15, 0.2) is 0 Å². The Kier molecular flexibility index (Phi) is 3.41. The van der Waals surface area contributed by atoms with E-state index in [4.69, 9.17) is 0 Å². The Morgan fingerprint density at radius 1 is 1.58 bits per heavy atom. The van der Waals surface area contributed by atoms with Crippen molar-refractivity contribution < 1.29 is 0 Å². The SMILES string of the molecule is CCC1=NN=CC(CC)N(C)C1. The summed E-state index contributed by atoms with van der Waals surface area (Å²) in [5, 5.41) is 8.18. The van der Waals surface area contributed by atoms with Gasteiger partial charge in [-0.25, -0.2) is 0 Å². The lowest BCUT2D eigenvalue weighted by Gasteiger charge is -2.21. The van der Waals surface area contributed by atoms with Crippen LogP contribution in [0.15, 0.2) is 10.2 Å². The lowest BCUT2D eigenvalue weighted by molar-refractivity contribution is 0.335. The Bertz CT molecular complexity index is 196. The molecule has 12 heavy (non-hydrogen) atoms. The minimum Gasteiger partial charge on any atom is -0.293 e. The van der Waals surface area contributed by atoms with Crippen LogP contribution in [0.3, 0.4) is 0 Å². The van der Waals surface area contributed by atoms with Gasteiger partial charge in [-0.3, -0.25) is 4.90 Å². The van der Waals surface area contributed by atoms with Gasteiger partial charge in [0, 0.05) is 18.8 Å². The Morgan fingerprint density at radius 3 is 2.92 bits per heavy atom. The minimum absolute atomic E-state index is 0.456. The Morgan fingerprint density at radius 2 is 2.33 bits per heavy atom. The van der Waals surface area contributed by atoms with Crippen molar-refractivity contribution in [2.24, 2.45) is 10.2 Å². The first-order valence-electron chi connectivity index (χ1n) is 4.57. The fourth-order valence-electron chi connectivity index (χ4n) is 1.34. The second kappa shape index (κ2) is 4.36. The highest BCUT2D eigenvalue weighted by molar-refractivity contribution is 5.87. The predicted octanol–water partition coefficient (Wildman–Crippen LogP) is 1.55. The number of rotatable bonds is 2. The average molecular weight is 167 g/mol. The van der Waals surface area contributed by atoms with Crippen LogP contribution >= 0.6 is 0 Å². The molecule has 0 bridgehead atoms. The van der Waals surface area contributed by atoms with Gasteiger partial charge in [0.2, 0.25) is 0 Å². The molecule has 0 aromatic carbocycles. The third-order valence-corrected chi connectivity index (χ3v) is 2.26. The zero-order valence-electron chi connectivity index (χ0n) is 8.12. The molecule has 0 aliphatic carbocycles. The van der Waals surface area contributed by atoms with Crippen LogP contribution in [0, 0.1) is 0 Å². The highest BCUT2D eigenvalue weighted by Crippen LogP contribution is 2.04. The van der Waals surface area contributed by atoms with E-state index in [0.29, 0.717) is 6.04 Å². The third-order valence-electron chi connectivity index (χ3n) is 2.26. The molecule has 3 nitrogen and oxygen atoms in total. The summed E-state index contributed by atoms with van der Waals surface area (Å²) in [6, 6.07) is 0.456. The highest BCUT2D eigenvalue weighted by atomic mass is 15.3. The molecule has 1 rings (SSSR count). The van der Waals surface area contributed by atoms with Gasteiger partial charge in [-0.15, -0.1) is 0 Å². The van der Waals surface area contributed by atoms with Crippen LogP contribution < -0.4 is 0 Å². The first-order chi connectivity index (χ1) is 5.77. The molecule has 0 amide bonds. The van der Waals surface area contributed by atoms with Crippen molar-refractivity contribution >= 4 is 11.9 Å². The lowest BCUT2D eigenvalue weighted by atomic mass is 10.2. The van der Waals surface area contributed by atoms with Crippen molar-refractivity contribution in [3.8, 4) is 0 Å². The summed E-state index contributed by atoms with van der Waals surface area (Å²) in [5.74, 6) is 0. The predicted molar refractivity (Wildman–Crippen MR) is 52.9 cm³/mol. The molecule has 0 aromatic rings. The Labute approximate surface area is 74.2 Å². The van der Waals surface area contributed by atoms with Gasteiger partial charge in [-0.2, -0.15) is 10.2 Å². The van der Waals surface area contributed by atoms with E-state index in [9.17, 15) is 0 Å². The van der Waals surface area contributed by atoms with Crippen molar-refractivity contribution in [1.82, 2.24) is 4.90 Å². The maximum absolute atomic E-state index is 4.13. The molecule has 1 heterocycles. The maximum Gasteiger partial charge on any atom is 0.0543 e. The molecule has 1 aliphatic heterocycles. The van der Waals surface area contributed by atoms with E-state index in [0.717, 1.165) is 19.4 Å². The molecule has 1 atom stereocenters. The van der Waals surface area contributed by atoms with Crippen LogP contribution in [0.5, 0.6) is 0 Å². The van der Waals surface area contributed by atoms with E-state index < -0.39 is 0 Å². The summed E-state index contributed by atoms with van der Waals surface area (Å²) in [6.07, 6.45) is 4.04. The van der Waals surface area contributed by atoms with Crippen molar-refractivity contribution in [1.29, 1.82) is 0 Å². The smallest absolute Gasteiger partial charge is 0.0543 e. The minimum atomic E-state index is 0.456. The van der Waals surface area contributed by atoms with E-state index in [2.05, 4.69) is 36.0 Å². The first kappa shape index (κ1) is 9.39. The van der Waals surface area contributed by atoms with E-state index >= 15 is 0 Å². The second-order valence-electron chi connectivity index (χ2n) is 3.18. The van der Waals surface area contributed by atoms with Gasteiger partial charge in [0.25, 0.3) is 0 Å². The summed E-state index contributed by atoms with van der Waals surface area (Å²) in [7, 11) is 2.12. The molecule has 0 aromatic heterocycles. The maximum atomic E-state index is 4.13. The first-order valence-corrected chi connectivity index (χ1v) is 4.57. The van der Waals surface area contributed by atoms with E-state index in [1.165, 1.54) is 5.71 Å². The van der Waals surface area contributed by atoms with Gasteiger partial charge < -0.3 is 0 Å². The van der Waals surface area contributed by atoms with Crippen LogP contribution in [0.1, 0.15) is 26.7 Å². The normalized spacial score (nSPS) is 25.2. The third kappa shape index (κ3) is 2.14. The van der Waals surface area contributed by atoms with Crippen LogP contribution in [0.2, 0.25) is 0 Å². The van der Waals surface area contributed by atoms with Crippen LogP contribution in [0.25, 0.3) is 0 Å². The molecule has 0 radical (unpaired) electrons. The summed E-state index contributed by atoms with van der Waals surface area (Å²) >= 11 is 0. The van der Waals surface area contributed by atoms with Crippen molar-refractivity contribution in [2.75, 3.05) is 13.6 Å². The zero-order chi connectivity index (χ0) is 8.97. The van der Waals surface area contributed by atoms with Gasteiger partial charge in [0.1, 0.15) is 0 Å². The van der Waals surface area contributed by atoms with E-state index in [1.807, 2.05) is 6.21 Å². The van der Waals surface area contributed by atoms with Crippen LogP contribution in [-0.2, 0) is 0 Å². The largest absolute Gasteiger partial charge is 0.293 e. The average Bonchev–Trinajstić information content (AvgIpc) is 2.26. The molecule has 68 valence electrons. The number of hydrogen-bond acceptors (Lipinski definition) is 3. The summed E-state index contributed by atoms with van der Waals surface area (Å²) in [4.78, 5) is 2.29. The Hall–Kier alpha value is -0.700. The van der Waals surface area contributed by atoms with Crippen molar-refractivity contribution in [3.05, 3.63) is 0 Å². The molecule has 0 saturated carbocycles. The second-order valence-corrected chi connectivity index (χ2v) is 3.18. The topological polar surface area (TPSA) is 28.0 Å². The lowest BCUT2D eigenvalue weighted by Crippen LogP contribution is -2.35. The standard InChI is InChI=1S/C9H17N3/c1-4-8-7-12(3)9(5-2)6-10-11-8/h6,9H,4-5,7H2,1-3H3. The molecule has 0 spiro atoms. The highest BCUT2D eigenvalue weighted by Gasteiger charge is 2.13. The molecular weight excluding hydrogens is 150 g/mol. The molecule has 1 unspecified atom stereocenters. The van der Waals surface area contributed by atoms with Gasteiger partial charge in [-0.05, 0) is 19.9 Å². The summed E-state index contributed by atoms with van der Waals surface area (Å²) in [6.45, 7) is 5.24. The molecule has 3 heteroatoms. The number of nitrogens with zero attached hydrogens (tertiary/aromatic N) is 3. The fraction of sp³-hybridized carbons (Fsp3) is 0.778. The molecule has 0 N–H and O–H groups in total. The van der Waals surface area contributed by atoms with Crippen molar-refractivity contribution in [3.63, 3.8) is 0 Å². The zero-order valence-corrected chi connectivity index (χ0v) is 8.12. The number of hydrogen-bond donors (Lipinski definition) is 0. The van der Waals surface area contributed by atoms with Crippen molar-refractivity contribution in [2.45, 2.75) is 32.7 Å².